The first kappa shape index (κ1) is 9.15. The molecule has 0 aliphatic rings. The van der Waals surface area contributed by atoms with Crippen molar-refractivity contribution < 1.29 is 0 Å². The van der Waals surface area contributed by atoms with Gasteiger partial charge in [0.15, 0.2) is 0 Å². The minimum atomic E-state index is -0.0395. The molecular formula is C10H14N4. The van der Waals surface area contributed by atoms with Crippen LogP contribution < -0.4 is 5.73 Å². The molecule has 0 unspecified atom stereocenters. The molecule has 4 heteroatoms. The Kier molecular flexibility index (Phi) is 2.21. The lowest BCUT2D eigenvalue weighted by Gasteiger charge is -2.07. The Morgan fingerprint density at radius 1 is 1.57 bits per heavy atom. The number of aryl methyl sites for hydroxylation is 1. The standard InChI is InChI=1S/C10H14N4/c1-3-14-9-4-5-12-6-8(9)13-10(14)7(2)11/h4-7H,3,11H2,1-2H3/t7-/m0/s1. The van der Waals surface area contributed by atoms with E-state index >= 15 is 0 Å². The van der Waals surface area contributed by atoms with Crippen LogP contribution in [0.15, 0.2) is 18.5 Å². The minimum Gasteiger partial charge on any atom is -0.327 e. The van der Waals surface area contributed by atoms with Crippen LogP contribution in [0.4, 0.5) is 0 Å². The van der Waals surface area contributed by atoms with Crippen molar-refractivity contribution in [1.29, 1.82) is 0 Å². The van der Waals surface area contributed by atoms with Crippen molar-refractivity contribution in [2.75, 3.05) is 0 Å². The summed E-state index contributed by atoms with van der Waals surface area (Å²) in [4.78, 5) is 8.50. The summed E-state index contributed by atoms with van der Waals surface area (Å²) in [6, 6.07) is 1.93. The fourth-order valence-electron chi connectivity index (χ4n) is 1.68. The SMILES string of the molecule is CCn1c([C@H](C)N)nc2cnccc21. The Hall–Kier alpha value is -1.42. The largest absolute Gasteiger partial charge is 0.327 e. The molecule has 0 spiro atoms. The molecule has 0 bridgehead atoms. The molecule has 1 atom stereocenters. The number of hydrogen-bond donors (Lipinski definition) is 1. The third-order valence-corrected chi connectivity index (χ3v) is 2.30. The Morgan fingerprint density at radius 3 is 3.00 bits per heavy atom. The average molecular weight is 190 g/mol. The lowest BCUT2D eigenvalue weighted by atomic mass is 10.3. The van der Waals surface area contributed by atoms with Crippen LogP contribution in [0.5, 0.6) is 0 Å². The molecule has 0 saturated heterocycles. The highest BCUT2D eigenvalue weighted by molar-refractivity contribution is 5.74. The van der Waals surface area contributed by atoms with E-state index in [1.807, 2.05) is 13.0 Å². The van der Waals surface area contributed by atoms with Crippen molar-refractivity contribution >= 4 is 11.0 Å². The van der Waals surface area contributed by atoms with E-state index in [4.69, 9.17) is 5.73 Å². The summed E-state index contributed by atoms with van der Waals surface area (Å²) in [6.07, 6.45) is 3.55. The van der Waals surface area contributed by atoms with Gasteiger partial charge in [0.2, 0.25) is 0 Å². The van der Waals surface area contributed by atoms with E-state index in [0.29, 0.717) is 0 Å². The van der Waals surface area contributed by atoms with Gasteiger partial charge < -0.3 is 10.3 Å². The number of aromatic nitrogens is 3. The molecule has 0 aromatic carbocycles. The first-order valence-electron chi connectivity index (χ1n) is 4.79. The van der Waals surface area contributed by atoms with Crippen LogP contribution >= 0.6 is 0 Å². The molecule has 4 nitrogen and oxygen atoms in total. The van der Waals surface area contributed by atoms with E-state index in [1.54, 1.807) is 12.4 Å². The number of pyridine rings is 1. The van der Waals surface area contributed by atoms with Crippen molar-refractivity contribution in [3.63, 3.8) is 0 Å². The number of imidazole rings is 1. The first-order chi connectivity index (χ1) is 6.74. The van der Waals surface area contributed by atoms with E-state index in [0.717, 1.165) is 23.4 Å². The molecule has 2 rings (SSSR count). The highest BCUT2D eigenvalue weighted by atomic mass is 15.1. The predicted octanol–water partition coefficient (Wildman–Crippen LogP) is 1.47. The molecule has 0 aliphatic carbocycles. The maximum Gasteiger partial charge on any atom is 0.126 e. The maximum atomic E-state index is 5.85. The second-order valence-corrected chi connectivity index (χ2v) is 3.37. The second kappa shape index (κ2) is 3.38. The van der Waals surface area contributed by atoms with E-state index in [9.17, 15) is 0 Å². The summed E-state index contributed by atoms with van der Waals surface area (Å²) in [7, 11) is 0. The Balaban J connectivity index is 2.72. The van der Waals surface area contributed by atoms with Crippen molar-refractivity contribution in [2.24, 2.45) is 5.73 Å². The molecular weight excluding hydrogens is 176 g/mol. The van der Waals surface area contributed by atoms with Crippen LogP contribution in [0.3, 0.4) is 0 Å². The van der Waals surface area contributed by atoms with Gasteiger partial charge in [0.25, 0.3) is 0 Å². The molecule has 2 aromatic heterocycles. The van der Waals surface area contributed by atoms with Crippen molar-refractivity contribution in [3.8, 4) is 0 Å². The van der Waals surface area contributed by atoms with Crippen LogP contribution in [0, 0.1) is 0 Å². The third-order valence-electron chi connectivity index (χ3n) is 2.30. The van der Waals surface area contributed by atoms with Gasteiger partial charge in [-0.05, 0) is 19.9 Å². The molecule has 74 valence electrons. The van der Waals surface area contributed by atoms with E-state index in [2.05, 4.69) is 21.5 Å². The molecule has 0 fully saturated rings. The van der Waals surface area contributed by atoms with Gasteiger partial charge in [-0.2, -0.15) is 0 Å². The number of fused-ring (bicyclic) bond motifs is 1. The van der Waals surface area contributed by atoms with E-state index in [-0.39, 0.29) is 6.04 Å². The van der Waals surface area contributed by atoms with Crippen LogP contribution in [0.2, 0.25) is 0 Å². The maximum absolute atomic E-state index is 5.85. The van der Waals surface area contributed by atoms with Crippen LogP contribution in [0.25, 0.3) is 11.0 Å². The minimum absolute atomic E-state index is 0.0395. The number of rotatable bonds is 2. The molecule has 0 amide bonds. The predicted molar refractivity (Wildman–Crippen MR) is 55.8 cm³/mol. The average Bonchev–Trinajstić information content (AvgIpc) is 2.56. The Labute approximate surface area is 82.8 Å². The normalized spacial score (nSPS) is 13.4. The number of hydrogen-bond acceptors (Lipinski definition) is 3. The Bertz CT molecular complexity index is 444. The quantitative estimate of drug-likeness (QED) is 0.780. The summed E-state index contributed by atoms with van der Waals surface area (Å²) < 4.78 is 2.13. The molecule has 0 saturated carbocycles. The lowest BCUT2D eigenvalue weighted by Crippen LogP contribution is -2.12. The van der Waals surface area contributed by atoms with Gasteiger partial charge >= 0.3 is 0 Å². The summed E-state index contributed by atoms with van der Waals surface area (Å²) in [5.41, 5.74) is 7.87. The van der Waals surface area contributed by atoms with Crippen molar-refractivity contribution in [3.05, 3.63) is 24.3 Å². The fraction of sp³-hybridized carbons (Fsp3) is 0.400. The molecule has 2 heterocycles. The smallest absolute Gasteiger partial charge is 0.126 e. The summed E-state index contributed by atoms with van der Waals surface area (Å²) in [5, 5.41) is 0. The van der Waals surface area contributed by atoms with Gasteiger partial charge in [0, 0.05) is 12.7 Å². The monoisotopic (exact) mass is 190 g/mol. The first-order valence-corrected chi connectivity index (χ1v) is 4.79. The van der Waals surface area contributed by atoms with Crippen LogP contribution in [-0.2, 0) is 6.54 Å². The van der Waals surface area contributed by atoms with Gasteiger partial charge in [0.1, 0.15) is 11.3 Å². The van der Waals surface area contributed by atoms with Crippen LogP contribution in [-0.4, -0.2) is 14.5 Å². The summed E-state index contributed by atoms with van der Waals surface area (Å²) in [6.45, 7) is 4.92. The molecule has 14 heavy (non-hydrogen) atoms. The van der Waals surface area contributed by atoms with Gasteiger partial charge in [-0.15, -0.1) is 0 Å². The topological polar surface area (TPSA) is 56.7 Å². The molecule has 0 radical (unpaired) electrons. The zero-order valence-corrected chi connectivity index (χ0v) is 8.44. The lowest BCUT2D eigenvalue weighted by molar-refractivity contribution is 0.650. The molecule has 0 aliphatic heterocycles. The second-order valence-electron chi connectivity index (χ2n) is 3.37. The van der Waals surface area contributed by atoms with E-state index in [1.165, 1.54) is 0 Å². The molecule has 2 N–H and O–H groups in total. The van der Waals surface area contributed by atoms with Crippen molar-refractivity contribution in [1.82, 2.24) is 14.5 Å². The Morgan fingerprint density at radius 2 is 2.36 bits per heavy atom. The third kappa shape index (κ3) is 1.28. The van der Waals surface area contributed by atoms with Gasteiger partial charge in [0.05, 0.1) is 17.8 Å². The van der Waals surface area contributed by atoms with Crippen LogP contribution in [0.1, 0.15) is 25.7 Å². The highest BCUT2D eigenvalue weighted by Crippen LogP contribution is 2.18. The number of nitrogens with zero attached hydrogens (tertiary/aromatic N) is 3. The molecule has 2 aromatic rings. The van der Waals surface area contributed by atoms with Gasteiger partial charge in [-0.1, -0.05) is 0 Å². The van der Waals surface area contributed by atoms with Gasteiger partial charge in [-0.25, -0.2) is 4.98 Å². The van der Waals surface area contributed by atoms with E-state index < -0.39 is 0 Å². The van der Waals surface area contributed by atoms with Gasteiger partial charge in [-0.3, -0.25) is 4.98 Å². The summed E-state index contributed by atoms with van der Waals surface area (Å²) in [5.74, 6) is 0.926. The summed E-state index contributed by atoms with van der Waals surface area (Å²) >= 11 is 0. The fourth-order valence-corrected chi connectivity index (χ4v) is 1.68. The zero-order chi connectivity index (χ0) is 10.1. The van der Waals surface area contributed by atoms with Crippen molar-refractivity contribution in [2.45, 2.75) is 26.4 Å². The highest BCUT2D eigenvalue weighted by Gasteiger charge is 2.11. The number of nitrogens with two attached hydrogens (primary N) is 1. The zero-order valence-electron chi connectivity index (χ0n) is 8.44.